The van der Waals surface area contributed by atoms with Gasteiger partial charge in [-0.05, 0) is 70.6 Å². The average Bonchev–Trinajstić information content (AvgIpc) is 3.19. The fourth-order valence-corrected chi connectivity index (χ4v) is 6.04. The van der Waals surface area contributed by atoms with E-state index in [1.807, 2.05) is 6.08 Å². The Hall–Kier alpha value is -3.15. The monoisotopic (exact) mass is 781 g/mol. The molecule has 56 heavy (non-hydrogen) atoms. The van der Waals surface area contributed by atoms with Gasteiger partial charge in [0.05, 0.1) is 6.42 Å². The molecule has 0 spiro atoms. The molecule has 320 valence electrons. The Kier molecular flexibility index (Phi) is 42.1. The maximum Gasteiger partial charge on any atom is 0.309 e. The first-order chi connectivity index (χ1) is 27.5. The van der Waals surface area contributed by atoms with Crippen molar-refractivity contribution >= 4 is 17.9 Å². The van der Waals surface area contributed by atoms with Crippen LogP contribution in [0.4, 0.5) is 0 Å². The molecule has 1 unspecified atom stereocenters. The van der Waals surface area contributed by atoms with Crippen molar-refractivity contribution in [3.05, 3.63) is 72.9 Å². The number of hydrogen-bond donors (Lipinski definition) is 0. The Bertz CT molecular complexity index is 1080. The summed E-state index contributed by atoms with van der Waals surface area (Å²) in [7, 11) is 0. The molecule has 1 atom stereocenters. The SMILES string of the molecule is CC/C=C\C/C=C\C/C=C\C/C=C\C/C=C\CC(=O)OCC(COC(=O)CCCCCCCCCCCC)OC(=O)CCCCCCC/C=C\CCCCCC. The summed E-state index contributed by atoms with van der Waals surface area (Å²) in [5.41, 5.74) is 0. The first-order valence-electron chi connectivity index (χ1n) is 22.9. The van der Waals surface area contributed by atoms with Crippen molar-refractivity contribution in [2.24, 2.45) is 0 Å². The molecule has 0 amide bonds. The first-order valence-corrected chi connectivity index (χ1v) is 22.9. The summed E-state index contributed by atoms with van der Waals surface area (Å²) in [6.07, 6.45) is 54.8. The summed E-state index contributed by atoms with van der Waals surface area (Å²) in [6.45, 7) is 6.38. The molecule has 0 N–H and O–H groups in total. The highest BCUT2D eigenvalue weighted by molar-refractivity contribution is 5.72. The highest BCUT2D eigenvalue weighted by Crippen LogP contribution is 2.13. The zero-order chi connectivity index (χ0) is 40.8. The molecule has 0 radical (unpaired) electrons. The quantitative estimate of drug-likeness (QED) is 0.0267. The molecular formula is C50H84O6. The second-order valence-electron chi connectivity index (χ2n) is 14.9. The largest absolute Gasteiger partial charge is 0.462 e. The van der Waals surface area contributed by atoms with E-state index in [4.69, 9.17) is 14.2 Å². The van der Waals surface area contributed by atoms with E-state index >= 15 is 0 Å². The molecule has 0 aliphatic rings. The van der Waals surface area contributed by atoms with Crippen LogP contribution in [0.25, 0.3) is 0 Å². The number of carbonyl (C=O) groups excluding carboxylic acids is 3. The molecule has 0 aromatic heterocycles. The van der Waals surface area contributed by atoms with Crippen LogP contribution in [0.5, 0.6) is 0 Å². The molecule has 0 saturated heterocycles. The summed E-state index contributed by atoms with van der Waals surface area (Å²) in [6, 6.07) is 0. The van der Waals surface area contributed by atoms with E-state index in [9.17, 15) is 14.4 Å². The standard InChI is InChI=1S/C50H84O6/c1-4-7-10-13-16-19-22-24-25-27-28-31-34-37-40-43-49(52)55-46-47(45-54-48(51)42-39-36-33-30-21-18-15-12-9-6-3)56-50(53)44-41-38-35-32-29-26-23-20-17-14-11-8-5-2/h7,10,16,19-20,23-25,28,31,37,40,47H,4-6,8-9,11-15,17-18,21-22,26-27,29-30,32-36,38-39,41-46H2,1-3H3/b10-7-,19-16-,23-20-,25-24-,31-28-,40-37-. The number of ether oxygens (including phenoxy) is 3. The molecule has 0 rings (SSSR count). The molecule has 0 aliphatic heterocycles. The highest BCUT2D eigenvalue weighted by Gasteiger charge is 2.19. The summed E-state index contributed by atoms with van der Waals surface area (Å²) in [5, 5.41) is 0. The van der Waals surface area contributed by atoms with E-state index in [0.29, 0.717) is 12.8 Å². The maximum absolute atomic E-state index is 12.7. The van der Waals surface area contributed by atoms with E-state index in [0.717, 1.165) is 83.5 Å². The van der Waals surface area contributed by atoms with Gasteiger partial charge in [-0.25, -0.2) is 0 Å². The Morgan fingerprint density at radius 2 is 0.768 bits per heavy atom. The van der Waals surface area contributed by atoms with E-state index in [1.54, 1.807) is 6.08 Å². The number of carbonyl (C=O) groups is 3. The second-order valence-corrected chi connectivity index (χ2v) is 14.9. The maximum atomic E-state index is 12.7. The predicted molar refractivity (Wildman–Crippen MR) is 238 cm³/mol. The Morgan fingerprint density at radius 3 is 1.25 bits per heavy atom. The molecule has 0 heterocycles. The van der Waals surface area contributed by atoms with Crippen LogP contribution in [-0.2, 0) is 28.6 Å². The predicted octanol–water partition coefficient (Wildman–Crippen LogP) is 14.7. The molecule has 0 fully saturated rings. The van der Waals surface area contributed by atoms with Gasteiger partial charge in [0.25, 0.3) is 0 Å². The van der Waals surface area contributed by atoms with E-state index < -0.39 is 12.1 Å². The third kappa shape index (κ3) is 42.0. The van der Waals surface area contributed by atoms with Crippen LogP contribution in [0.15, 0.2) is 72.9 Å². The number of allylic oxidation sites excluding steroid dienone is 11. The lowest BCUT2D eigenvalue weighted by Crippen LogP contribution is -2.30. The molecule has 0 bridgehead atoms. The summed E-state index contributed by atoms with van der Waals surface area (Å²) >= 11 is 0. The fourth-order valence-electron chi connectivity index (χ4n) is 6.04. The number of esters is 3. The van der Waals surface area contributed by atoms with Crippen molar-refractivity contribution in [2.75, 3.05) is 13.2 Å². The van der Waals surface area contributed by atoms with Gasteiger partial charge in [-0.2, -0.15) is 0 Å². The van der Waals surface area contributed by atoms with Crippen LogP contribution in [0.1, 0.15) is 207 Å². The van der Waals surface area contributed by atoms with Gasteiger partial charge in [0.15, 0.2) is 6.10 Å². The topological polar surface area (TPSA) is 78.9 Å². The zero-order valence-electron chi connectivity index (χ0n) is 36.4. The Labute approximate surface area is 344 Å². The van der Waals surface area contributed by atoms with Crippen LogP contribution in [0, 0.1) is 0 Å². The Morgan fingerprint density at radius 1 is 0.393 bits per heavy atom. The van der Waals surface area contributed by atoms with Crippen molar-refractivity contribution < 1.29 is 28.6 Å². The van der Waals surface area contributed by atoms with Gasteiger partial charge < -0.3 is 14.2 Å². The first kappa shape index (κ1) is 52.9. The second kappa shape index (κ2) is 44.6. The summed E-state index contributed by atoms with van der Waals surface area (Å²) < 4.78 is 16.6. The van der Waals surface area contributed by atoms with Gasteiger partial charge in [-0.3, -0.25) is 14.4 Å². The van der Waals surface area contributed by atoms with Crippen molar-refractivity contribution in [3.8, 4) is 0 Å². The highest BCUT2D eigenvalue weighted by atomic mass is 16.6. The molecule has 0 aromatic rings. The zero-order valence-corrected chi connectivity index (χ0v) is 36.4. The minimum Gasteiger partial charge on any atom is -0.462 e. The fraction of sp³-hybridized carbons (Fsp3) is 0.700. The van der Waals surface area contributed by atoms with Gasteiger partial charge in [-0.1, -0.05) is 190 Å². The third-order valence-electron chi connectivity index (χ3n) is 9.48. The van der Waals surface area contributed by atoms with Crippen LogP contribution in [0.3, 0.4) is 0 Å². The van der Waals surface area contributed by atoms with Crippen molar-refractivity contribution in [3.63, 3.8) is 0 Å². The average molecular weight is 781 g/mol. The third-order valence-corrected chi connectivity index (χ3v) is 9.48. The minimum absolute atomic E-state index is 0.108. The molecule has 0 aromatic carbocycles. The minimum atomic E-state index is -0.815. The van der Waals surface area contributed by atoms with Crippen LogP contribution < -0.4 is 0 Å². The normalized spacial score (nSPS) is 12.7. The van der Waals surface area contributed by atoms with Crippen molar-refractivity contribution in [2.45, 2.75) is 213 Å². The Balaban J connectivity index is 4.52. The van der Waals surface area contributed by atoms with Gasteiger partial charge in [0.1, 0.15) is 13.2 Å². The molecular weight excluding hydrogens is 697 g/mol. The number of rotatable bonds is 40. The van der Waals surface area contributed by atoms with Gasteiger partial charge in [0.2, 0.25) is 0 Å². The van der Waals surface area contributed by atoms with Crippen molar-refractivity contribution in [1.82, 2.24) is 0 Å². The lowest BCUT2D eigenvalue weighted by atomic mass is 10.1. The van der Waals surface area contributed by atoms with E-state index in [2.05, 4.69) is 81.5 Å². The molecule has 0 aliphatic carbocycles. The van der Waals surface area contributed by atoms with E-state index in [-0.39, 0.29) is 31.6 Å². The van der Waals surface area contributed by atoms with Gasteiger partial charge in [0, 0.05) is 12.8 Å². The van der Waals surface area contributed by atoms with Crippen LogP contribution in [0.2, 0.25) is 0 Å². The van der Waals surface area contributed by atoms with E-state index in [1.165, 1.54) is 83.5 Å². The summed E-state index contributed by atoms with van der Waals surface area (Å²) in [5.74, 6) is -1.06. The lowest BCUT2D eigenvalue weighted by Gasteiger charge is -2.18. The number of hydrogen-bond acceptors (Lipinski definition) is 6. The number of unbranched alkanes of at least 4 members (excludes halogenated alkanes) is 18. The van der Waals surface area contributed by atoms with Crippen LogP contribution in [-0.4, -0.2) is 37.2 Å². The molecule has 0 saturated carbocycles. The van der Waals surface area contributed by atoms with Gasteiger partial charge in [-0.15, -0.1) is 0 Å². The van der Waals surface area contributed by atoms with Crippen molar-refractivity contribution in [1.29, 1.82) is 0 Å². The smallest absolute Gasteiger partial charge is 0.309 e. The lowest BCUT2D eigenvalue weighted by molar-refractivity contribution is -0.166. The summed E-state index contributed by atoms with van der Waals surface area (Å²) in [4.78, 5) is 37.7. The molecule has 6 nitrogen and oxygen atoms in total. The molecule has 6 heteroatoms. The van der Waals surface area contributed by atoms with Gasteiger partial charge >= 0.3 is 17.9 Å². The van der Waals surface area contributed by atoms with Crippen LogP contribution >= 0.6 is 0 Å².